The second-order valence-corrected chi connectivity index (χ2v) is 5.34. The minimum atomic E-state index is 0.310. The van der Waals surface area contributed by atoms with E-state index in [-0.39, 0.29) is 0 Å². The van der Waals surface area contributed by atoms with Gasteiger partial charge in [-0.3, -0.25) is 0 Å². The van der Waals surface area contributed by atoms with Crippen LogP contribution in [0.5, 0.6) is 0 Å². The molecule has 0 bridgehead atoms. The van der Waals surface area contributed by atoms with Gasteiger partial charge in [-0.25, -0.2) is 0 Å². The normalized spacial score (nSPS) is 13.0. The van der Waals surface area contributed by atoms with E-state index in [1.54, 1.807) is 0 Å². The van der Waals surface area contributed by atoms with Crippen LogP contribution < -0.4 is 5.32 Å². The van der Waals surface area contributed by atoms with Gasteiger partial charge < -0.3 is 10.1 Å². The minimum absolute atomic E-state index is 0.310. The number of halogens is 1. The van der Waals surface area contributed by atoms with E-state index in [1.807, 2.05) is 7.05 Å². The van der Waals surface area contributed by atoms with Gasteiger partial charge >= 0.3 is 0 Å². The average molecular weight is 300 g/mol. The zero-order chi connectivity index (χ0) is 12.7. The van der Waals surface area contributed by atoms with Crippen LogP contribution in [0.15, 0.2) is 28.7 Å². The molecule has 1 unspecified atom stereocenters. The van der Waals surface area contributed by atoms with Crippen LogP contribution in [0, 0.1) is 0 Å². The average Bonchev–Trinajstić information content (AvgIpc) is 2.28. The van der Waals surface area contributed by atoms with Crippen molar-refractivity contribution < 1.29 is 4.74 Å². The third-order valence-electron chi connectivity index (χ3n) is 2.71. The van der Waals surface area contributed by atoms with Crippen LogP contribution in [-0.2, 0) is 4.74 Å². The molecule has 0 amide bonds. The summed E-state index contributed by atoms with van der Waals surface area (Å²) < 4.78 is 6.82. The van der Waals surface area contributed by atoms with Gasteiger partial charge in [-0.15, -0.1) is 0 Å². The molecule has 0 heterocycles. The van der Waals surface area contributed by atoms with Crippen LogP contribution >= 0.6 is 15.9 Å². The Morgan fingerprint density at radius 2 is 2.00 bits per heavy atom. The minimum Gasteiger partial charge on any atom is -0.379 e. The first kappa shape index (κ1) is 14.7. The molecule has 0 aliphatic heterocycles. The first-order chi connectivity index (χ1) is 8.15. The van der Waals surface area contributed by atoms with Crippen molar-refractivity contribution in [3.05, 3.63) is 34.3 Å². The van der Waals surface area contributed by atoms with Gasteiger partial charge in [-0.1, -0.05) is 34.1 Å². The van der Waals surface area contributed by atoms with Crippen LogP contribution in [0.1, 0.15) is 31.7 Å². The van der Waals surface area contributed by atoms with Crippen LogP contribution in [0.4, 0.5) is 0 Å². The molecular weight excluding hydrogens is 278 g/mol. The van der Waals surface area contributed by atoms with E-state index in [2.05, 4.69) is 59.4 Å². The molecule has 1 rings (SSSR count). The predicted molar refractivity (Wildman–Crippen MR) is 76.5 cm³/mol. The van der Waals surface area contributed by atoms with Gasteiger partial charge in [0.1, 0.15) is 0 Å². The molecule has 1 N–H and O–H groups in total. The van der Waals surface area contributed by atoms with Gasteiger partial charge in [0.05, 0.1) is 6.10 Å². The highest BCUT2D eigenvalue weighted by molar-refractivity contribution is 9.10. The molecule has 0 saturated carbocycles. The maximum atomic E-state index is 5.64. The summed E-state index contributed by atoms with van der Waals surface area (Å²) in [7, 11) is 1.99. The molecular formula is C14H22BrNO. The van der Waals surface area contributed by atoms with E-state index >= 15 is 0 Å². The molecule has 0 aliphatic rings. The number of ether oxygens (including phenoxy) is 1. The van der Waals surface area contributed by atoms with E-state index in [9.17, 15) is 0 Å². The summed E-state index contributed by atoms with van der Waals surface area (Å²) in [5, 5.41) is 3.26. The Bertz CT molecular complexity index is 328. The molecule has 0 fully saturated rings. The number of hydrogen-bond acceptors (Lipinski definition) is 2. The van der Waals surface area contributed by atoms with Crippen molar-refractivity contribution >= 4 is 15.9 Å². The summed E-state index contributed by atoms with van der Waals surface area (Å²) in [6.07, 6.45) is 1.35. The van der Waals surface area contributed by atoms with Crippen molar-refractivity contribution in [2.24, 2.45) is 0 Å². The zero-order valence-corrected chi connectivity index (χ0v) is 12.5. The molecule has 0 aliphatic carbocycles. The number of rotatable bonds is 7. The van der Waals surface area contributed by atoms with Gasteiger partial charge in [0.25, 0.3) is 0 Å². The van der Waals surface area contributed by atoms with Gasteiger partial charge in [0.2, 0.25) is 0 Å². The van der Waals surface area contributed by atoms with Crippen LogP contribution in [0.2, 0.25) is 0 Å². The van der Waals surface area contributed by atoms with Crippen LogP contribution in [0.25, 0.3) is 0 Å². The van der Waals surface area contributed by atoms with Gasteiger partial charge in [-0.2, -0.15) is 0 Å². The standard InChI is InChI=1S/C14H22BrNO/c1-11(2)17-9-8-12(10-16-3)13-6-4-5-7-14(13)15/h4-7,11-12,16H,8-10H2,1-3H3. The van der Waals surface area contributed by atoms with E-state index in [1.165, 1.54) is 10.0 Å². The molecule has 2 nitrogen and oxygen atoms in total. The number of nitrogens with one attached hydrogen (secondary N) is 1. The Morgan fingerprint density at radius 1 is 1.29 bits per heavy atom. The van der Waals surface area contributed by atoms with Gasteiger partial charge in [0.15, 0.2) is 0 Å². The van der Waals surface area contributed by atoms with E-state index in [0.29, 0.717) is 12.0 Å². The molecule has 1 atom stereocenters. The maximum Gasteiger partial charge on any atom is 0.0518 e. The summed E-state index contributed by atoms with van der Waals surface area (Å²) in [4.78, 5) is 0. The Kier molecular flexibility index (Phi) is 6.78. The number of benzene rings is 1. The van der Waals surface area contributed by atoms with Gasteiger partial charge in [0, 0.05) is 17.6 Å². The molecule has 1 aromatic rings. The Hall–Kier alpha value is -0.380. The fourth-order valence-electron chi connectivity index (χ4n) is 1.87. The number of likely N-dealkylation sites (N-methyl/N-ethyl adjacent to an activating group) is 1. The van der Waals surface area contributed by atoms with Gasteiger partial charge in [-0.05, 0) is 44.9 Å². The zero-order valence-electron chi connectivity index (χ0n) is 10.9. The highest BCUT2D eigenvalue weighted by atomic mass is 79.9. The lowest BCUT2D eigenvalue weighted by atomic mass is 9.96. The monoisotopic (exact) mass is 299 g/mol. The lowest BCUT2D eigenvalue weighted by Crippen LogP contribution is -2.19. The lowest BCUT2D eigenvalue weighted by Gasteiger charge is -2.19. The van der Waals surface area contributed by atoms with Crippen molar-refractivity contribution in [3.8, 4) is 0 Å². The second kappa shape index (κ2) is 7.85. The fraction of sp³-hybridized carbons (Fsp3) is 0.571. The Balaban J connectivity index is 2.62. The molecule has 0 aromatic heterocycles. The summed E-state index contributed by atoms with van der Waals surface area (Å²) >= 11 is 3.62. The van der Waals surface area contributed by atoms with Crippen molar-refractivity contribution in [1.82, 2.24) is 5.32 Å². The highest BCUT2D eigenvalue weighted by Crippen LogP contribution is 2.27. The smallest absolute Gasteiger partial charge is 0.0518 e. The van der Waals surface area contributed by atoms with E-state index in [4.69, 9.17) is 4.74 Å². The fourth-order valence-corrected chi connectivity index (χ4v) is 2.47. The first-order valence-corrected chi connectivity index (χ1v) is 6.95. The molecule has 96 valence electrons. The van der Waals surface area contributed by atoms with Crippen molar-refractivity contribution in [1.29, 1.82) is 0 Å². The third kappa shape index (κ3) is 5.19. The largest absolute Gasteiger partial charge is 0.379 e. The van der Waals surface area contributed by atoms with Crippen molar-refractivity contribution in [2.75, 3.05) is 20.2 Å². The number of hydrogen-bond donors (Lipinski definition) is 1. The van der Waals surface area contributed by atoms with Crippen molar-refractivity contribution in [2.45, 2.75) is 32.3 Å². The SMILES string of the molecule is CNCC(CCOC(C)C)c1ccccc1Br. The van der Waals surface area contributed by atoms with Crippen molar-refractivity contribution in [3.63, 3.8) is 0 Å². The molecule has 0 radical (unpaired) electrons. The van der Waals surface area contributed by atoms with E-state index in [0.717, 1.165) is 19.6 Å². The molecule has 0 saturated heterocycles. The lowest BCUT2D eigenvalue weighted by molar-refractivity contribution is 0.0733. The summed E-state index contributed by atoms with van der Waals surface area (Å²) in [5.41, 5.74) is 1.36. The first-order valence-electron chi connectivity index (χ1n) is 6.15. The predicted octanol–water partition coefficient (Wildman–Crippen LogP) is 3.57. The summed E-state index contributed by atoms with van der Waals surface area (Å²) in [6, 6.07) is 8.42. The summed E-state index contributed by atoms with van der Waals surface area (Å²) in [6.45, 7) is 5.94. The molecule has 3 heteroatoms. The maximum absolute atomic E-state index is 5.64. The quantitative estimate of drug-likeness (QED) is 0.831. The third-order valence-corrected chi connectivity index (χ3v) is 3.44. The van der Waals surface area contributed by atoms with Crippen LogP contribution in [0.3, 0.4) is 0 Å². The van der Waals surface area contributed by atoms with Crippen LogP contribution in [-0.4, -0.2) is 26.3 Å². The summed E-state index contributed by atoms with van der Waals surface area (Å²) in [5.74, 6) is 0.495. The topological polar surface area (TPSA) is 21.3 Å². The Morgan fingerprint density at radius 3 is 2.59 bits per heavy atom. The molecule has 0 spiro atoms. The molecule has 1 aromatic carbocycles. The Labute approximate surface area is 113 Å². The molecule has 17 heavy (non-hydrogen) atoms. The highest BCUT2D eigenvalue weighted by Gasteiger charge is 2.13. The second-order valence-electron chi connectivity index (χ2n) is 4.48. The van der Waals surface area contributed by atoms with E-state index < -0.39 is 0 Å².